The van der Waals surface area contributed by atoms with Crippen LogP contribution in [0.3, 0.4) is 0 Å². The summed E-state index contributed by atoms with van der Waals surface area (Å²) in [7, 11) is 2.12. The largest absolute Gasteiger partial charge is 0.472 e. The van der Waals surface area contributed by atoms with Crippen LogP contribution < -0.4 is 4.74 Å². The quantitative estimate of drug-likeness (QED) is 0.847. The summed E-state index contributed by atoms with van der Waals surface area (Å²) in [4.78, 5) is 2.27. The molecule has 0 radical (unpaired) electrons. The van der Waals surface area contributed by atoms with E-state index < -0.39 is 0 Å². The number of hydrogen-bond acceptors (Lipinski definition) is 3. The Balaban J connectivity index is 1.71. The third-order valence-corrected chi connectivity index (χ3v) is 3.56. The maximum atomic E-state index is 6.01. The molecular weight excluding hydrogens is 238 g/mol. The fraction of sp³-hybridized carbons (Fsp3) is 0.400. The number of likely N-dealkylation sites (tertiary alicyclic amines) is 1. The number of hydrogen-bond donors (Lipinski definition) is 0. The van der Waals surface area contributed by atoms with Crippen molar-refractivity contribution in [2.24, 2.45) is 0 Å². The minimum absolute atomic E-state index is 0.183. The molecule has 1 aliphatic rings. The minimum Gasteiger partial charge on any atom is -0.472 e. The summed E-state index contributed by atoms with van der Waals surface area (Å²) >= 11 is 0. The van der Waals surface area contributed by atoms with Gasteiger partial charge < -0.3 is 4.74 Å². The predicted octanol–water partition coefficient (Wildman–Crippen LogP) is 2.69. The predicted molar refractivity (Wildman–Crippen MR) is 74.5 cm³/mol. The van der Waals surface area contributed by atoms with E-state index >= 15 is 0 Å². The molecule has 0 aliphatic carbocycles. The first-order chi connectivity index (χ1) is 9.33. The molecular formula is C15H19N3O. The lowest BCUT2D eigenvalue weighted by Crippen LogP contribution is -2.40. The third kappa shape index (κ3) is 2.79. The van der Waals surface area contributed by atoms with Gasteiger partial charge in [-0.05, 0) is 38.4 Å². The van der Waals surface area contributed by atoms with Gasteiger partial charge >= 0.3 is 0 Å². The van der Waals surface area contributed by atoms with E-state index in [0.717, 1.165) is 24.4 Å². The minimum atomic E-state index is 0.183. The van der Waals surface area contributed by atoms with Gasteiger partial charge in [0.05, 0.1) is 18.1 Å². The van der Waals surface area contributed by atoms with Crippen LogP contribution in [0.2, 0.25) is 0 Å². The lowest BCUT2D eigenvalue weighted by molar-refractivity contribution is 0.0150. The molecule has 2 heterocycles. The lowest BCUT2D eigenvalue weighted by atomic mass is 10.1. The monoisotopic (exact) mass is 257 g/mol. The van der Waals surface area contributed by atoms with E-state index in [1.165, 1.54) is 12.8 Å². The topological polar surface area (TPSA) is 30.3 Å². The second-order valence-corrected chi connectivity index (χ2v) is 5.01. The van der Waals surface area contributed by atoms with Crippen molar-refractivity contribution in [2.45, 2.75) is 25.5 Å². The van der Waals surface area contributed by atoms with Crippen LogP contribution >= 0.6 is 0 Å². The maximum absolute atomic E-state index is 6.01. The van der Waals surface area contributed by atoms with Crippen molar-refractivity contribution in [1.82, 2.24) is 14.7 Å². The van der Waals surface area contributed by atoms with Crippen molar-refractivity contribution >= 4 is 0 Å². The van der Waals surface area contributed by atoms with Crippen LogP contribution in [0.5, 0.6) is 5.75 Å². The molecule has 0 N–H and O–H groups in total. The van der Waals surface area contributed by atoms with Gasteiger partial charge in [0.2, 0.25) is 0 Å². The van der Waals surface area contributed by atoms with Gasteiger partial charge in [0.15, 0.2) is 12.0 Å². The Morgan fingerprint density at radius 1 is 1.21 bits per heavy atom. The number of ether oxygens (including phenoxy) is 1. The normalized spacial score (nSPS) is 20.4. The number of benzene rings is 1. The van der Waals surface area contributed by atoms with Crippen molar-refractivity contribution in [3.8, 4) is 11.4 Å². The first-order valence-corrected chi connectivity index (χ1v) is 6.80. The van der Waals surface area contributed by atoms with Gasteiger partial charge in [-0.15, -0.1) is 0 Å². The zero-order valence-corrected chi connectivity index (χ0v) is 11.2. The summed E-state index contributed by atoms with van der Waals surface area (Å²) in [5.74, 6) is 0.836. The van der Waals surface area contributed by atoms with Crippen LogP contribution in [0.4, 0.5) is 0 Å². The van der Waals surface area contributed by atoms with Gasteiger partial charge in [-0.3, -0.25) is 4.90 Å². The Hall–Kier alpha value is -1.81. The van der Waals surface area contributed by atoms with Crippen LogP contribution in [0, 0.1) is 0 Å². The molecule has 19 heavy (non-hydrogen) atoms. The van der Waals surface area contributed by atoms with E-state index in [4.69, 9.17) is 4.74 Å². The molecule has 0 amide bonds. The van der Waals surface area contributed by atoms with Crippen molar-refractivity contribution in [3.05, 3.63) is 42.7 Å². The van der Waals surface area contributed by atoms with Gasteiger partial charge in [-0.2, -0.15) is 5.10 Å². The second kappa shape index (κ2) is 5.45. The van der Waals surface area contributed by atoms with Gasteiger partial charge in [-0.1, -0.05) is 18.2 Å². The first kappa shape index (κ1) is 12.2. The van der Waals surface area contributed by atoms with E-state index in [9.17, 15) is 0 Å². The van der Waals surface area contributed by atoms with Gasteiger partial charge in [0.25, 0.3) is 0 Å². The summed E-state index contributed by atoms with van der Waals surface area (Å²) in [5, 5.41) is 4.35. The highest BCUT2D eigenvalue weighted by Gasteiger charge is 2.20. The molecule has 4 heteroatoms. The van der Waals surface area contributed by atoms with E-state index in [-0.39, 0.29) is 6.23 Å². The fourth-order valence-corrected chi connectivity index (χ4v) is 2.44. The molecule has 100 valence electrons. The smallest absolute Gasteiger partial charge is 0.160 e. The van der Waals surface area contributed by atoms with Gasteiger partial charge in [0.1, 0.15) is 0 Å². The van der Waals surface area contributed by atoms with Crippen LogP contribution in [0.1, 0.15) is 19.3 Å². The molecule has 1 aliphatic heterocycles. The average molecular weight is 257 g/mol. The SMILES string of the molecule is CN1CCCCC1Oc1cnn(-c2ccccc2)c1. The van der Waals surface area contributed by atoms with Crippen LogP contribution in [-0.4, -0.2) is 34.5 Å². The summed E-state index contributed by atoms with van der Waals surface area (Å²) in [6.07, 6.45) is 7.50. The molecule has 3 rings (SSSR count). The highest BCUT2D eigenvalue weighted by molar-refractivity contribution is 5.32. The van der Waals surface area contributed by atoms with E-state index in [0.29, 0.717) is 0 Å². The Bertz CT molecular complexity index is 523. The second-order valence-electron chi connectivity index (χ2n) is 5.01. The van der Waals surface area contributed by atoms with Crippen LogP contribution in [0.15, 0.2) is 42.7 Å². The molecule has 1 aromatic carbocycles. The van der Waals surface area contributed by atoms with Crippen molar-refractivity contribution < 1.29 is 4.74 Å². The van der Waals surface area contributed by atoms with Crippen molar-refractivity contribution in [3.63, 3.8) is 0 Å². The summed E-state index contributed by atoms with van der Waals surface area (Å²) in [5.41, 5.74) is 1.05. The highest BCUT2D eigenvalue weighted by Crippen LogP contribution is 2.20. The number of para-hydroxylation sites is 1. The molecule has 1 fully saturated rings. The molecule has 2 aromatic rings. The van der Waals surface area contributed by atoms with Crippen LogP contribution in [0.25, 0.3) is 5.69 Å². The fourth-order valence-electron chi connectivity index (χ4n) is 2.44. The Kier molecular flexibility index (Phi) is 3.51. The molecule has 4 nitrogen and oxygen atoms in total. The summed E-state index contributed by atoms with van der Waals surface area (Å²) < 4.78 is 7.86. The molecule has 1 saturated heterocycles. The number of piperidine rings is 1. The average Bonchev–Trinajstić information content (AvgIpc) is 2.91. The third-order valence-electron chi connectivity index (χ3n) is 3.56. The van der Waals surface area contributed by atoms with E-state index in [2.05, 4.69) is 17.0 Å². The summed E-state index contributed by atoms with van der Waals surface area (Å²) in [6, 6.07) is 10.1. The van der Waals surface area contributed by atoms with Crippen molar-refractivity contribution in [2.75, 3.05) is 13.6 Å². The van der Waals surface area contributed by atoms with Gasteiger partial charge in [-0.25, -0.2) is 4.68 Å². The Morgan fingerprint density at radius 3 is 2.84 bits per heavy atom. The standard InChI is InChI=1S/C15H19N3O/c1-17-10-6-5-9-15(17)19-14-11-16-18(12-14)13-7-3-2-4-8-13/h2-4,7-8,11-12,15H,5-6,9-10H2,1H3. The molecule has 0 bridgehead atoms. The van der Waals surface area contributed by atoms with Gasteiger partial charge in [0, 0.05) is 6.54 Å². The lowest BCUT2D eigenvalue weighted by Gasteiger charge is -2.31. The van der Waals surface area contributed by atoms with Crippen LogP contribution in [-0.2, 0) is 0 Å². The molecule has 0 spiro atoms. The first-order valence-electron chi connectivity index (χ1n) is 6.80. The zero-order chi connectivity index (χ0) is 13.1. The zero-order valence-electron chi connectivity index (χ0n) is 11.2. The molecule has 1 atom stereocenters. The van der Waals surface area contributed by atoms with E-state index in [1.54, 1.807) is 6.20 Å². The number of rotatable bonds is 3. The molecule has 0 saturated carbocycles. The van der Waals surface area contributed by atoms with Crippen molar-refractivity contribution in [1.29, 1.82) is 0 Å². The molecule has 1 unspecified atom stereocenters. The Morgan fingerprint density at radius 2 is 2.05 bits per heavy atom. The number of aromatic nitrogens is 2. The Labute approximate surface area is 113 Å². The highest BCUT2D eigenvalue weighted by atomic mass is 16.5. The molecule has 1 aromatic heterocycles. The number of nitrogens with zero attached hydrogens (tertiary/aromatic N) is 3. The maximum Gasteiger partial charge on any atom is 0.160 e. The summed E-state index contributed by atoms with van der Waals surface area (Å²) in [6.45, 7) is 1.11. The van der Waals surface area contributed by atoms with E-state index in [1.807, 2.05) is 41.2 Å².